The van der Waals surface area contributed by atoms with Crippen LogP contribution in [0.1, 0.15) is 10.5 Å². The third kappa shape index (κ3) is 2.88. The molecular formula is C13H18N4O3. The lowest BCUT2D eigenvalue weighted by Crippen LogP contribution is -2.50. The fourth-order valence-electron chi connectivity index (χ4n) is 2.51. The molecule has 20 heavy (non-hydrogen) atoms. The van der Waals surface area contributed by atoms with Crippen molar-refractivity contribution in [2.45, 2.75) is 0 Å². The van der Waals surface area contributed by atoms with E-state index in [1.807, 2.05) is 4.90 Å². The van der Waals surface area contributed by atoms with Gasteiger partial charge >= 0.3 is 5.97 Å². The Labute approximate surface area is 117 Å². The average molecular weight is 278 g/mol. The van der Waals surface area contributed by atoms with E-state index in [0.29, 0.717) is 11.9 Å². The van der Waals surface area contributed by atoms with Gasteiger partial charge in [-0.2, -0.15) is 0 Å². The van der Waals surface area contributed by atoms with E-state index >= 15 is 0 Å². The second kappa shape index (κ2) is 5.72. The molecule has 7 heteroatoms. The molecule has 0 aliphatic carbocycles. The molecule has 0 unspecified atom stereocenters. The third-order valence-electron chi connectivity index (χ3n) is 3.74. The Morgan fingerprint density at radius 1 is 1.35 bits per heavy atom. The Hall–Kier alpha value is -1.73. The molecule has 7 nitrogen and oxygen atoms in total. The number of anilines is 1. The van der Waals surface area contributed by atoms with Crippen LogP contribution in [0.15, 0.2) is 12.3 Å². The van der Waals surface area contributed by atoms with Crippen LogP contribution >= 0.6 is 0 Å². The van der Waals surface area contributed by atoms with Gasteiger partial charge in [-0.25, -0.2) is 14.8 Å². The van der Waals surface area contributed by atoms with Crippen LogP contribution in [0, 0.1) is 5.92 Å². The second-order valence-electron chi connectivity index (χ2n) is 5.24. The van der Waals surface area contributed by atoms with Crippen LogP contribution in [0.3, 0.4) is 0 Å². The largest absolute Gasteiger partial charge is 0.477 e. The molecule has 1 aromatic rings. The summed E-state index contributed by atoms with van der Waals surface area (Å²) in [6, 6.07) is 1.42. The first kappa shape index (κ1) is 13.3. The van der Waals surface area contributed by atoms with Crippen LogP contribution in [0.4, 0.5) is 5.95 Å². The maximum atomic E-state index is 10.9. The summed E-state index contributed by atoms with van der Waals surface area (Å²) in [5.41, 5.74) is 0.0454. The van der Waals surface area contributed by atoms with Crippen molar-refractivity contribution in [3.8, 4) is 0 Å². The zero-order chi connectivity index (χ0) is 13.9. The highest BCUT2D eigenvalue weighted by Gasteiger charge is 2.25. The molecule has 2 aliphatic rings. The first-order valence-corrected chi connectivity index (χ1v) is 6.84. The van der Waals surface area contributed by atoms with Crippen LogP contribution < -0.4 is 4.90 Å². The van der Waals surface area contributed by atoms with Gasteiger partial charge < -0.3 is 14.7 Å². The van der Waals surface area contributed by atoms with Crippen LogP contribution in [0.2, 0.25) is 0 Å². The maximum Gasteiger partial charge on any atom is 0.354 e. The number of aromatic carboxylic acids is 1. The number of hydrogen-bond acceptors (Lipinski definition) is 6. The van der Waals surface area contributed by atoms with Crippen LogP contribution in [0.25, 0.3) is 0 Å². The van der Waals surface area contributed by atoms with E-state index in [-0.39, 0.29) is 5.69 Å². The average Bonchev–Trinajstić information content (AvgIpc) is 2.44. The molecule has 0 amide bonds. The number of piperazine rings is 1. The lowest BCUT2D eigenvalue weighted by atomic mass is 10.1. The molecule has 2 saturated heterocycles. The highest BCUT2D eigenvalue weighted by atomic mass is 16.5. The van der Waals surface area contributed by atoms with Gasteiger partial charge in [-0.15, -0.1) is 0 Å². The predicted octanol–water partition coefficient (Wildman–Crippen LogP) is -0.0568. The summed E-state index contributed by atoms with van der Waals surface area (Å²) in [6.07, 6.45) is 1.50. The van der Waals surface area contributed by atoms with E-state index in [1.165, 1.54) is 12.3 Å². The Balaban J connectivity index is 1.57. The minimum absolute atomic E-state index is 0.0454. The maximum absolute atomic E-state index is 10.9. The molecule has 0 radical (unpaired) electrons. The van der Waals surface area contributed by atoms with Crippen molar-refractivity contribution in [1.82, 2.24) is 14.9 Å². The normalized spacial score (nSPS) is 20.7. The number of nitrogens with zero attached hydrogens (tertiary/aromatic N) is 4. The first-order valence-electron chi connectivity index (χ1n) is 6.84. The second-order valence-corrected chi connectivity index (χ2v) is 5.24. The van der Waals surface area contributed by atoms with Crippen molar-refractivity contribution in [3.63, 3.8) is 0 Å². The Morgan fingerprint density at radius 3 is 2.70 bits per heavy atom. The molecule has 1 aromatic heterocycles. The van der Waals surface area contributed by atoms with Gasteiger partial charge in [0.05, 0.1) is 13.2 Å². The van der Waals surface area contributed by atoms with Crippen molar-refractivity contribution < 1.29 is 14.6 Å². The van der Waals surface area contributed by atoms with Gasteiger partial charge in [0.15, 0.2) is 5.69 Å². The first-order chi connectivity index (χ1) is 9.72. The smallest absolute Gasteiger partial charge is 0.354 e. The monoisotopic (exact) mass is 278 g/mol. The number of rotatable bonds is 4. The topological polar surface area (TPSA) is 78.8 Å². The summed E-state index contributed by atoms with van der Waals surface area (Å²) in [5, 5.41) is 8.95. The fraction of sp³-hybridized carbons (Fsp3) is 0.615. The molecule has 3 heterocycles. The minimum atomic E-state index is -1.02. The summed E-state index contributed by atoms with van der Waals surface area (Å²) in [5.74, 6) is 0.168. The van der Waals surface area contributed by atoms with Gasteiger partial charge in [0.1, 0.15) is 0 Å². The van der Waals surface area contributed by atoms with Gasteiger partial charge in [0.2, 0.25) is 5.95 Å². The lowest BCUT2D eigenvalue weighted by Gasteiger charge is -2.38. The Bertz CT molecular complexity index is 484. The van der Waals surface area contributed by atoms with Crippen LogP contribution in [-0.2, 0) is 4.74 Å². The summed E-state index contributed by atoms with van der Waals surface area (Å²) in [7, 11) is 0. The fourth-order valence-corrected chi connectivity index (χ4v) is 2.51. The molecule has 0 saturated carbocycles. The molecule has 3 rings (SSSR count). The van der Waals surface area contributed by atoms with Crippen LogP contribution in [0.5, 0.6) is 0 Å². The van der Waals surface area contributed by atoms with E-state index in [9.17, 15) is 4.79 Å². The molecule has 108 valence electrons. The highest BCUT2D eigenvalue weighted by molar-refractivity contribution is 5.85. The predicted molar refractivity (Wildman–Crippen MR) is 72.0 cm³/mol. The van der Waals surface area contributed by atoms with E-state index in [1.54, 1.807) is 0 Å². The summed E-state index contributed by atoms with van der Waals surface area (Å²) in [6.45, 7) is 6.42. The zero-order valence-corrected chi connectivity index (χ0v) is 11.2. The van der Waals surface area contributed by atoms with Gasteiger partial charge in [-0.05, 0) is 6.07 Å². The number of carboxylic acid groups (broad SMARTS) is 1. The molecule has 0 spiro atoms. The number of ether oxygens (including phenoxy) is 1. The number of carboxylic acids is 1. The molecule has 0 aromatic carbocycles. The van der Waals surface area contributed by atoms with E-state index in [0.717, 1.165) is 45.9 Å². The molecule has 2 aliphatic heterocycles. The molecule has 0 bridgehead atoms. The number of carbonyl (C=O) groups is 1. The van der Waals surface area contributed by atoms with Crippen molar-refractivity contribution >= 4 is 11.9 Å². The minimum Gasteiger partial charge on any atom is -0.477 e. The van der Waals surface area contributed by atoms with Crippen LogP contribution in [-0.4, -0.2) is 71.9 Å². The van der Waals surface area contributed by atoms with E-state index in [4.69, 9.17) is 9.84 Å². The Morgan fingerprint density at radius 2 is 2.10 bits per heavy atom. The van der Waals surface area contributed by atoms with Gasteiger partial charge in [0, 0.05) is 44.8 Å². The van der Waals surface area contributed by atoms with Crippen molar-refractivity contribution in [1.29, 1.82) is 0 Å². The quantitative estimate of drug-likeness (QED) is 0.826. The van der Waals surface area contributed by atoms with Crippen molar-refractivity contribution in [3.05, 3.63) is 18.0 Å². The van der Waals surface area contributed by atoms with Crippen molar-refractivity contribution in [2.24, 2.45) is 5.92 Å². The highest BCUT2D eigenvalue weighted by Crippen LogP contribution is 2.15. The summed E-state index contributed by atoms with van der Waals surface area (Å²) in [4.78, 5) is 23.6. The SMILES string of the molecule is O=C(O)c1ccnc(N2CCN(CC3COC3)CC2)n1. The van der Waals surface area contributed by atoms with Crippen molar-refractivity contribution in [2.75, 3.05) is 50.8 Å². The lowest BCUT2D eigenvalue weighted by molar-refractivity contribution is -0.0469. The molecule has 2 fully saturated rings. The van der Waals surface area contributed by atoms with Gasteiger partial charge in [-0.3, -0.25) is 4.90 Å². The Kier molecular flexibility index (Phi) is 3.79. The zero-order valence-electron chi connectivity index (χ0n) is 11.2. The summed E-state index contributed by atoms with van der Waals surface area (Å²) < 4.78 is 5.19. The third-order valence-corrected chi connectivity index (χ3v) is 3.74. The number of hydrogen-bond donors (Lipinski definition) is 1. The molecule has 1 N–H and O–H groups in total. The molecular weight excluding hydrogens is 260 g/mol. The molecule has 0 atom stereocenters. The van der Waals surface area contributed by atoms with Gasteiger partial charge in [-0.1, -0.05) is 0 Å². The van der Waals surface area contributed by atoms with E-state index in [2.05, 4.69) is 14.9 Å². The standard InChI is InChI=1S/C13H18N4O3/c18-12(19)11-1-2-14-13(15-11)17-5-3-16(4-6-17)7-10-8-20-9-10/h1-2,10H,3-9H2,(H,18,19). The number of aromatic nitrogens is 2. The van der Waals surface area contributed by atoms with E-state index < -0.39 is 5.97 Å². The summed E-state index contributed by atoms with van der Waals surface area (Å²) >= 11 is 0. The van der Waals surface area contributed by atoms with Gasteiger partial charge in [0.25, 0.3) is 0 Å².